The number of fused-ring (bicyclic) bond motifs is 1. The normalized spacial score (nSPS) is 17.2. The predicted molar refractivity (Wildman–Crippen MR) is 103 cm³/mol. The molecule has 2 aliphatic rings. The summed E-state index contributed by atoms with van der Waals surface area (Å²) in [5.74, 6) is 1.07. The highest BCUT2D eigenvalue weighted by molar-refractivity contribution is 8.19. The SMILES string of the molecule is O=C1NC(=O)c2cc(S(=O)(=O)Nc3cccc(C4SCCS4)c3)ccc21. The molecular weight excluding hydrogens is 392 g/mol. The van der Waals surface area contributed by atoms with Crippen LogP contribution in [0.1, 0.15) is 30.9 Å². The Morgan fingerprint density at radius 2 is 1.69 bits per heavy atom. The lowest BCUT2D eigenvalue weighted by molar-refractivity contribution is 0.0879. The second-order valence-corrected chi connectivity index (χ2v) is 10.2. The fraction of sp³-hybridized carbons (Fsp3) is 0.176. The summed E-state index contributed by atoms with van der Waals surface area (Å²) >= 11 is 3.68. The van der Waals surface area contributed by atoms with Gasteiger partial charge in [-0.2, -0.15) is 0 Å². The van der Waals surface area contributed by atoms with Crippen LogP contribution in [0.5, 0.6) is 0 Å². The van der Waals surface area contributed by atoms with Gasteiger partial charge < -0.3 is 0 Å². The molecule has 0 saturated carbocycles. The van der Waals surface area contributed by atoms with Gasteiger partial charge in [0.1, 0.15) is 0 Å². The molecule has 9 heteroatoms. The molecule has 134 valence electrons. The number of anilines is 1. The number of imide groups is 1. The van der Waals surface area contributed by atoms with Gasteiger partial charge in [0.15, 0.2) is 0 Å². The highest BCUT2D eigenvalue weighted by Gasteiger charge is 2.29. The van der Waals surface area contributed by atoms with Crippen molar-refractivity contribution in [1.29, 1.82) is 0 Å². The van der Waals surface area contributed by atoms with Gasteiger partial charge in [0, 0.05) is 17.2 Å². The summed E-state index contributed by atoms with van der Waals surface area (Å²) in [5.41, 5.74) is 1.80. The largest absolute Gasteiger partial charge is 0.288 e. The van der Waals surface area contributed by atoms with E-state index in [2.05, 4.69) is 10.0 Å². The van der Waals surface area contributed by atoms with Crippen LogP contribution in [-0.4, -0.2) is 31.7 Å². The average molecular weight is 407 g/mol. The van der Waals surface area contributed by atoms with E-state index in [9.17, 15) is 18.0 Å². The van der Waals surface area contributed by atoms with E-state index in [1.165, 1.54) is 18.2 Å². The molecule has 26 heavy (non-hydrogen) atoms. The number of benzene rings is 2. The van der Waals surface area contributed by atoms with E-state index in [4.69, 9.17) is 0 Å². The van der Waals surface area contributed by atoms with E-state index in [1.54, 1.807) is 6.07 Å². The Morgan fingerprint density at radius 1 is 0.962 bits per heavy atom. The summed E-state index contributed by atoms with van der Waals surface area (Å²) in [6.45, 7) is 0. The second-order valence-electron chi connectivity index (χ2n) is 5.80. The van der Waals surface area contributed by atoms with Gasteiger partial charge in [0.25, 0.3) is 21.8 Å². The van der Waals surface area contributed by atoms with Crippen molar-refractivity contribution in [2.45, 2.75) is 9.48 Å². The molecule has 0 atom stereocenters. The van der Waals surface area contributed by atoms with Gasteiger partial charge in [0.2, 0.25) is 0 Å². The fourth-order valence-electron chi connectivity index (χ4n) is 2.83. The van der Waals surface area contributed by atoms with Gasteiger partial charge in [0.05, 0.1) is 20.6 Å². The Kier molecular flexibility index (Phi) is 4.45. The van der Waals surface area contributed by atoms with E-state index in [0.717, 1.165) is 17.1 Å². The van der Waals surface area contributed by atoms with Crippen molar-refractivity contribution in [3.63, 3.8) is 0 Å². The minimum absolute atomic E-state index is 0.0591. The van der Waals surface area contributed by atoms with E-state index in [0.29, 0.717) is 10.3 Å². The highest BCUT2D eigenvalue weighted by atomic mass is 32.2. The molecule has 0 bridgehead atoms. The third-order valence-corrected chi connectivity index (χ3v) is 8.53. The molecule has 2 aliphatic heterocycles. The number of amides is 2. The Hall–Kier alpha value is -1.97. The van der Waals surface area contributed by atoms with Crippen molar-refractivity contribution in [3.05, 3.63) is 59.2 Å². The fourth-order valence-corrected chi connectivity index (χ4v) is 6.74. The van der Waals surface area contributed by atoms with Crippen LogP contribution in [-0.2, 0) is 10.0 Å². The molecule has 2 aromatic rings. The van der Waals surface area contributed by atoms with E-state index in [-0.39, 0.29) is 16.0 Å². The zero-order chi connectivity index (χ0) is 18.3. The predicted octanol–water partition coefficient (Wildman–Crippen LogP) is 2.85. The smallest absolute Gasteiger partial charge is 0.261 e. The lowest BCUT2D eigenvalue weighted by Crippen LogP contribution is -2.19. The van der Waals surface area contributed by atoms with Gasteiger partial charge in [-0.1, -0.05) is 12.1 Å². The topological polar surface area (TPSA) is 92.3 Å². The average Bonchev–Trinajstić information content (AvgIpc) is 3.24. The number of rotatable bonds is 4. The van der Waals surface area contributed by atoms with Gasteiger partial charge >= 0.3 is 0 Å². The maximum absolute atomic E-state index is 12.7. The summed E-state index contributed by atoms with van der Waals surface area (Å²) < 4.78 is 28.2. The molecule has 0 spiro atoms. The van der Waals surface area contributed by atoms with Gasteiger partial charge in [-0.25, -0.2) is 8.42 Å². The summed E-state index contributed by atoms with van der Waals surface area (Å²) in [6, 6.07) is 11.2. The number of nitrogens with one attached hydrogen (secondary N) is 2. The Labute approximate surface area is 159 Å². The van der Waals surface area contributed by atoms with Crippen molar-refractivity contribution in [2.75, 3.05) is 16.2 Å². The Balaban J connectivity index is 1.62. The summed E-state index contributed by atoms with van der Waals surface area (Å²) in [4.78, 5) is 23.3. The monoisotopic (exact) mass is 406 g/mol. The molecular formula is C17H14N2O4S3. The van der Waals surface area contributed by atoms with Crippen LogP contribution < -0.4 is 10.0 Å². The number of hydrogen-bond donors (Lipinski definition) is 2. The molecule has 2 aromatic carbocycles. The van der Waals surface area contributed by atoms with Crippen molar-refractivity contribution in [3.8, 4) is 0 Å². The quantitative estimate of drug-likeness (QED) is 0.759. The van der Waals surface area contributed by atoms with Crippen LogP contribution in [0.2, 0.25) is 0 Å². The minimum Gasteiger partial charge on any atom is -0.288 e. The van der Waals surface area contributed by atoms with Crippen LogP contribution in [0, 0.1) is 0 Å². The Bertz CT molecular complexity index is 1010. The Morgan fingerprint density at radius 3 is 2.46 bits per heavy atom. The third kappa shape index (κ3) is 3.22. The van der Waals surface area contributed by atoms with Crippen molar-refractivity contribution in [1.82, 2.24) is 5.32 Å². The zero-order valence-electron chi connectivity index (χ0n) is 13.4. The summed E-state index contributed by atoms with van der Waals surface area (Å²) in [5, 5.41) is 2.15. The molecule has 6 nitrogen and oxygen atoms in total. The van der Waals surface area contributed by atoms with Gasteiger partial charge in [-0.05, 0) is 35.9 Å². The molecule has 0 aliphatic carbocycles. The first-order valence-corrected chi connectivity index (χ1v) is 11.4. The van der Waals surface area contributed by atoms with Gasteiger partial charge in [-0.15, -0.1) is 23.5 Å². The molecule has 4 rings (SSSR count). The third-order valence-electron chi connectivity index (χ3n) is 4.05. The number of sulfonamides is 1. The molecule has 2 N–H and O–H groups in total. The molecule has 1 saturated heterocycles. The van der Waals surface area contributed by atoms with Gasteiger partial charge in [-0.3, -0.25) is 19.6 Å². The number of thioether (sulfide) groups is 2. The number of carbonyl (C=O) groups excluding carboxylic acids is 2. The van der Waals surface area contributed by atoms with Crippen molar-refractivity contribution >= 4 is 51.0 Å². The molecule has 0 unspecified atom stereocenters. The molecule has 2 amide bonds. The summed E-state index contributed by atoms with van der Waals surface area (Å²) in [7, 11) is -3.87. The van der Waals surface area contributed by atoms with Crippen molar-refractivity contribution in [2.24, 2.45) is 0 Å². The molecule has 0 radical (unpaired) electrons. The second kappa shape index (κ2) is 6.64. The highest BCUT2D eigenvalue weighted by Crippen LogP contribution is 2.45. The van der Waals surface area contributed by atoms with Crippen LogP contribution in [0.25, 0.3) is 0 Å². The number of carbonyl (C=O) groups is 2. The van der Waals surface area contributed by atoms with Crippen LogP contribution in [0.15, 0.2) is 47.4 Å². The maximum atomic E-state index is 12.7. The zero-order valence-corrected chi connectivity index (χ0v) is 15.8. The lowest BCUT2D eigenvalue weighted by Gasteiger charge is -2.12. The molecule has 0 aromatic heterocycles. The molecule has 1 fully saturated rings. The van der Waals surface area contributed by atoms with Crippen LogP contribution in [0.4, 0.5) is 5.69 Å². The maximum Gasteiger partial charge on any atom is 0.261 e. The van der Waals surface area contributed by atoms with E-state index >= 15 is 0 Å². The standard InChI is InChI=1S/C17H14N2O4S3/c20-15-13-5-4-12(9-14(13)16(21)18-15)26(22,23)19-11-3-1-2-10(8-11)17-24-6-7-25-17/h1-5,8-9,17,19H,6-7H2,(H,18,20,21). The van der Waals surface area contributed by atoms with Crippen LogP contribution in [0.3, 0.4) is 0 Å². The lowest BCUT2D eigenvalue weighted by atomic mass is 10.1. The van der Waals surface area contributed by atoms with E-state index < -0.39 is 21.8 Å². The summed E-state index contributed by atoms with van der Waals surface area (Å²) in [6.07, 6.45) is 0. The van der Waals surface area contributed by atoms with E-state index in [1.807, 2.05) is 41.7 Å². The first-order valence-electron chi connectivity index (χ1n) is 7.80. The van der Waals surface area contributed by atoms with Crippen molar-refractivity contribution < 1.29 is 18.0 Å². The minimum atomic E-state index is -3.87. The first-order chi connectivity index (χ1) is 12.4. The first kappa shape index (κ1) is 17.4. The van der Waals surface area contributed by atoms with Crippen LogP contribution >= 0.6 is 23.5 Å². The number of hydrogen-bond acceptors (Lipinski definition) is 6. The molecule has 2 heterocycles.